The van der Waals surface area contributed by atoms with Crippen LogP contribution in [0.2, 0.25) is 0 Å². The second-order valence-corrected chi connectivity index (χ2v) is 6.19. The Balaban J connectivity index is 2.41. The molecule has 1 rings (SSSR count). The molecule has 0 radical (unpaired) electrons. The van der Waals surface area contributed by atoms with Crippen molar-refractivity contribution < 1.29 is 9.84 Å². The van der Waals surface area contributed by atoms with E-state index in [0.29, 0.717) is 12.5 Å². The summed E-state index contributed by atoms with van der Waals surface area (Å²) in [5, 5.41) is 13.6. The molecule has 114 valence electrons. The van der Waals surface area contributed by atoms with Gasteiger partial charge in [-0.25, -0.2) is 0 Å². The maximum absolute atomic E-state index is 10.2. The van der Waals surface area contributed by atoms with Crippen LogP contribution in [0.5, 0.6) is 5.75 Å². The summed E-state index contributed by atoms with van der Waals surface area (Å²) in [6.45, 7) is 10.3. The van der Waals surface area contributed by atoms with E-state index in [1.165, 1.54) is 5.56 Å². The predicted molar refractivity (Wildman–Crippen MR) is 84.0 cm³/mol. The number of rotatable bonds is 9. The van der Waals surface area contributed by atoms with E-state index in [-0.39, 0.29) is 0 Å². The lowest BCUT2D eigenvalue weighted by Crippen LogP contribution is -2.38. The zero-order valence-corrected chi connectivity index (χ0v) is 13.3. The van der Waals surface area contributed by atoms with E-state index in [4.69, 9.17) is 4.74 Å². The van der Waals surface area contributed by atoms with E-state index in [2.05, 4.69) is 38.2 Å². The van der Waals surface area contributed by atoms with Crippen molar-refractivity contribution in [1.29, 1.82) is 0 Å². The van der Waals surface area contributed by atoms with Gasteiger partial charge in [0.15, 0.2) is 0 Å². The van der Waals surface area contributed by atoms with Crippen molar-refractivity contribution in [2.24, 2.45) is 5.92 Å². The molecule has 0 saturated heterocycles. The van der Waals surface area contributed by atoms with Gasteiger partial charge in [-0.1, -0.05) is 32.9 Å². The van der Waals surface area contributed by atoms with Crippen molar-refractivity contribution in [2.45, 2.75) is 52.7 Å². The normalized spacial score (nSPS) is 14.3. The maximum Gasteiger partial charge on any atom is 0.119 e. The summed E-state index contributed by atoms with van der Waals surface area (Å²) in [5.41, 5.74) is 0.531. The van der Waals surface area contributed by atoms with Crippen LogP contribution in [0, 0.1) is 5.92 Å². The average molecular weight is 279 g/mol. The number of nitrogens with one attached hydrogen (secondary N) is 1. The second-order valence-electron chi connectivity index (χ2n) is 6.19. The van der Waals surface area contributed by atoms with Gasteiger partial charge in [-0.15, -0.1) is 0 Å². The molecule has 2 N–H and O–H groups in total. The molecule has 1 aromatic carbocycles. The Kier molecular flexibility index (Phi) is 7.03. The van der Waals surface area contributed by atoms with Gasteiger partial charge in [0.05, 0.1) is 12.2 Å². The minimum Gasteiger partial charge on any atom is -0.494 e. The minimum atomic E-state index is -0.648. The summed E-state index contributed by atoms with van der Waals surface area (Å²) >= 11 is 0. The molecule has 0 aliphatic heterocycles. The molecule has 0 aromatic heterocycles. The zero-order valence-electron chi connectivity index (χ0n) is 13.3. The highest BCUT2D eigenvalue weighted by Gasteiger charge is 2.20. The molecule has 3 nitrogen and oxygen atoms in total. The van der Waals surface area contributed by atoms with Crippen LogP contribution in [0.3, 0.4) is 0 Å². The quantitative estimate of drug-likeness (QED) is 0.728. The molecule has 1 atom stereocenters. The first-order chi connectivity index (χ1) is 9.43. The minimum absolute atomic E-state index is 0.498. The first kappa shape index (κ1) is 17.0. The van der Waals surface area contributed by atoms with E-state index in [0.717, 1.165) is 31.7 Å². The van der Waals surface area contributed by atoms with Gasteiger partial charge in [-0.3, -0.25) is 0 Å². The topological polar surface area (TPSA) is 41.5 Å². The van der Waals surface area contributed by atoms with Crippen LogP contribution in [-0.2, 0) is 6.54 Å². The second kappa shape index (κ2) is 8.28. The number of aliphatic hydroxyl groups is 1. The Morgan fingerprint density at radius 1 is 1.35 bits per heavy atom. The zero-order chi connectivity index (χ0) is 15.0. The van der Waals surface area contributed by atoms with E-state index in [1.807, 2.05) is 19.1 Å². The largest absolute Gasteiger partial charge is 0.494 e. The molecular weight excluding hydrogens is 250 g/mol. The van der Waals surface area contributed by atoms with E-state index in [9.17, 15) is 5.11 Å². The maximum atomic E-state index is 10.2. The van der Waals surface area contributed by atoms with E-state index < -0.39 is 5.60 Å². The fourth-order valence-electron chi connectivity index (χ4n) is 2.39. The lowest BCUT2D eigenvalue weighted by molar-refractivity contribution is 0.0383. The van der Waals surface area contributed by atoms with Crippen LogP contribution in [0.1, 0.15) is 46.1 Å². The summed E-state index contributed by atoms with van der Waals surface area (Å²) in [5.74, 6) is 1.41. The molecular formula is C17H29NO2. The fraction of sp³-hybridized carbons (Fsp3) is 0.647. The summed E-state index contributed by atoms with van der Waals surface area (Å²) < 4.78 is 5.62. The molecule has 3 heteroatoms. The van der Waals surface area contributed by atoms with Crippen LogP contribution < -0.4 is 10.1 Å². The van der Waals surface area contributed by atoms with Crippen molar-refractivity contribution in [1.82, 2.24) is 5.32 Å². The van der Waals surface area contributed by atoms with Gasteiger partial charge >= 0.3 is 0 Å². The Morgan fingerprint density at radius 3 is 2.75 bits per heavy atom. The third kappa shape index (κ3) is 6.92. The molecule has 0 amide bonds. The summed E-state index contributed by atoms with van der Waals surface area (Å²) in [6, 6.07) is 8.12. The number of ether oxygens (including phenoxy) is 1. The lowest BCUT2D eigenvalue weighted by atomic mass is 9.94. The highest BCUT2D eigenvalue weighted by Crippen LogP contribution is 2.16. The van der Waals surface area contributed by atoms with E-state index >= 15 is 0 Å². The average Bonchev–Trinajstić information content (AvgIpc) is 2.35. The number of hydrogen-bond acceptors (Lipinski definition) is 3. The van der Waals surface area contributed by atoms with Gasteiger partial charge in [0.1, 0.15) is 5.75 Å². The van der Waals surface area contributed by atoms with Crippen LogP contribution >= 0.6 is 0 Å². The first-order valence-corrected chi connectivity index (χ1v) is 7.58. The Morgan fingerprint density at radius 2 is 2.10 bits per heavy atom. The van der Waals surface area contributed by atoms with Gasteiger partial charge < -0.3 is 15.2 Å². The molecule has 0 aliphatic rings. The number of hydrogen-bond donors (Lipinski definition) is 2. The lowest BCUT2D eigenvalue weighted by Gasteiger charge is -2.25. The van der Waals surface area contributed by atoms with Crippen LogP contribution in [0.4, 0.5) is 0 Å². The van der Waals surface area contributed by atoms with Gasteiger partial charge in [0.2, 0.25) is 0 Å². The number of benzene rings is 1. The van der Waals surface area contributed by atoms with Gasteiger partial charge in [-0.05, 0) is 43.4 Å². The highest BCUT2D eigenvalue weighted by molar-refractivity contribution is 5.28. The van der Waals surface area contributed by atoms with Crippen molar-refractivity contribution in [3.8, 4) is 5.75 Å². The molecule has 0 heterocycles. The highest BCUT2D eigenvalue weighted by atomic mass is 16.5. The van der Waals surface area contributed by atoms with Gasteiger partial charge in [0, 0.05) is 13.1 Å². The van der Waals surface area contributed by atoms with Crippen molar-refractivity contribution in [2.75, 3.05) is 13.2 Å². The van der Waals surface area contributed by atoms with Crippen LogP contribution in [0.15, 0.2) is 24.3 Å². The summed E-state index contributed by atoms with van der Waals surface area (Å²) in [6.07, 6.45) is 1.82. The van der Waals surface area contributed by atoms with Gasteiger partial charge in [-0.2, -0.15) is 0 Å². The van der Waals surface area contributed by atoms with Crippen molar-refractivity contribution in [3.63, 3.8) is 0 Å². The van der Waals surface area contributed by atoms with Crippen LogP contribution in [0.25, 0.3) is 0 Å². The van der Waals surface area contributed by atoms with E-state index in [1.54, 1.807) is 0 Å². The predicted octanol–water partition coefficient (Wildman–Crippen LogP) is 3.36. The molecule has 1 unspecified atom stereocenters. The monoisotopic (exact) mass is 279 g/mol. The first-order valence-electron chi connectivity index (χ1n) is 7.58. The molecule has 0 aliphatic carbocycles. The van der Waals surface area contributed by atoms with Gasteiger partial charge in [0.25, 0.3) is 0 Å². The summed E-state index contributed by atoms with van der Waals surface area (Å²) in [4.78, 5) is 0. The molecule has 0 saturated carbocycles. The SMILES string of the molecule is CCCOc1cccc(CNCC(C)(O)CC(C)C)c1. The third-order valence-electron chi connectivity index (χ3n) is 3.05. The Hall–Kier alpha value is -1.06. The molecule has 1 aromatic rings. The molecule has 0 fully saturated rings. The molecule has 0 spiro atoms. The Labute approximate surface area is 123 Å². The van der Waals surface area contributed by atoms with Crippen LogP contribution in [-0.4, -0.2) is 23.9 Å². The van der Waals surface area contributed by atoms with Crippen molar-refractivity contribution >= 4 is 0 Å². The molecule has 0 bridgehead atoms. The fourth-order valence-corrected chi connectivity index (χ4v) is 2.39. The molecule has 20 heavy (non-hydrogen) atoms. The Bertz CT molecular complexity index is 388. The third-order valence-corrected chi connectivity index (χ3v) is 3.05. The summed E-state index contributed by atoms with van der Waals surface area (Å²) in [7, 11) is 0. The van der Waals surface area contributed by atoms with Crippen molar-refractivity contribution in [3.05, 3.63) is 29.8 Å². The standard InChI is InChI=1S/C17H29NO2/c1-5-9-20-16-8-6-7-15(10-16)12-18-13-17(4,19)11-14(2)3/h6-8,10,14,18-19H,5,9,11-13H2,1-4H3. The smallest absolute Gasteiger partial charge is 0.119 e.